The number of amides is 1. The predicted octanol–water partition coefficient (Wildman–Crippen LogP) is 4.01. The fourth-order valence-corrected chi connectivity index (χ4v) is 3.99. The number of aromatic nitrogens is 2. The van der Waals surface area contributed by atoms with E-state index in [2.05, 4.69) is 32.4 Å². The number of hydrogen-bond donors (Lipinski definition) is 1. The van der Waals surface area contributed by atoms with Gasteiger partial charge >= 0.3 is 0 Å². The van der Waals surface area contributed by atoms with Crippen LogP contribution < -0.4 is 10.2 Å². The van der Waals surface area contributed by atoms with Crippen LogP contribution in [0.2, 0.25) is 5.02 Å². The molecule has 1 aliphatic heterocycles. The van der Waals surface area contributed by atoms with Crippen molar-refractivity contribution in [3.63, 3.8) is 0 Å². The van der Waals surface area contributed by atoms with Gasteiger partial charge in [-0.1, -0.05) is 35.5 Å². The highest BCUT2D eigenvalue weighted by atomic mass is 35.5. The molecule has 2 heterocycles. The Kier molecular flexibility index (Phi) is 6.74. The van der Waals surface area contributed by atoms with Gasteiger partial charge in [0.2, 0.25) is 5.91 Å². The second-order valence-corrected chi connectivity index (χ2v) is 8.50. The lowest BCUT2D eigenvalue weighted by Crippen LogP contribution is -2.44. The van der Waals surface area contributed by atoms with E-state index in [0.29, 0.717) is 10.7 Å². The van der Waals surface area contributed by atoms with Gasteiger partial charge in [0.25, 0.3) is 11.1 Å². The molecule has 7 nitrogen and oxygen atoms in total. The van der Waals surface area contributed by atoms with E-state index >= 15 is 0 Å². The molecule has 1 saturated heterocycles. The maximum Gasteiger partial charge on any atom is 0.277 e. The number of likely N-dealkylation sites (N-methyl/N-ethyl adjacent to an activating group) is 1. The lowest BCUT2D eigenvalue weighted by atomic mass is 10.2. The van der Waals surface area contributed by atoms with Crippen LogP contribution in [0.25, 0.3) is 11.5 Å². The van der Waals surface area contributed by atoms with Crippen molar-refractivity contribution in [1.29, 1.82) is 0 Å². The summed E-state index contributed by atoms with van der Waals surface area (Å²) in [6.45, 7) is 3.65. The molecule has 1 aromatic heterocycles. The Hall–Kier alpha value is -2.62. The molecule has 1 N–H and O–H groups in total. The van der Waals surface area contributed by atoms with Crippen LogP contribution in [0.5, 0.6) is 0 Å². The molecule has 0 aliphatic carbocycles. The van der Waals surface area contributed by atoms with Crippen LogP contribution in [0.4, 0.5) is 15.8 Å². The summed E-state index contributed by atoms with van der Waals surface area (Å²) in [5, 5.41) is 11.4. The predicted molar refractivity (Wildman–Crippen MR) is 120 cm³/mol. The van der Waals surface area contributed by atoms with Crippen LogP contribution in [0, 0.1) is 5.82 Å². The normalized spacial score (nSPS) is 14.6. The van der Waals surface area contributed by atoms with E-state index in [1.807, 2.05) is 12.1 Å². The number of nitrogens with one attached hydrogen (secondary N) is 1. The van der Waals surface area contributed by atoms with Crippen molar-refractivity contribution in [3.8, 4) is 11.5 Å². The minimum Gasteiger partial charge on any atom is -0.411 e. The van der Waals surface area contributed by atoms with Crippen molar-refractivity contribution in [2.75, 3.05) is 49.2 Å². The third-order valence-electron chi connectivity index (χ3n) is 4.91. The first-order valence-electron chi connectivity index (χ1n) is 9.74. The molecule has 31 heavy (non-hydrogen) atoms. The molecule has 0 saturated carbocycles. The Bertz CT molecular complexity index is 1070. The summed E-state index contributed by atoms with van der Waals surface area (Å²) in [5.41, 5.74) is 1.83. The molecule has 0 bridgehead atoms. The van der Waals surface area contributed by atoms with Gasteiger partial charge in [0, 0.05) is 31.2 Å². The number of thioether (sulfide) groups is 1. The Balaban J connectivity index is 1.39. The number of carbonyl (C=O) groups excluding carboxylic acids is 1. The van der Waals surface area contributed by atoms with E-state index in [4.69, 9.17) is 16.0 Å². The number of hydrogen-bond acceptors (Lipinski definition) is 7. The van der Waals surface area contributed by atoms with E-state index in [0.717, 1.165) is 43.6 Å². The van der Waals surface area contributed by atoms with Crippen molar-refractivity contribution in [2.45, 2.75) is 5.22 Å². The summed E-state index contributed by atoms with van der Waals surface area (Å²) in [4.78, 5) is 17.1. The Morgan fingerprint density at radius 2 is 1.97 bits per heavy atom. The van der Waals surface area contributed by atoms with Crippen LogP contribution in [-0.4, -0.2) is 60.0 Å². The van der Waals surface area contributed by atoms with Crippen LogP contribution in [0.1, 0.15) is 0 Å². The number of halogens is 2. The zero-order valence-electron chi connectivity index (χ0n) is 16.8. The molecule has 3 aromatic rings. The smallest absolute Gasteiger partial charge is 0.277 e. The first-order chi connectivity index (χ1) is 15.0. The third kappa shape index (κ3) is 5.36. The lowest BCUT2D eigenvalue weighted by Gasteiger charge is -2.35. The first-order valence-corrected chi connectivity index (χ1v) is 11.1. The van der Waals surface area contributed by atoms with Gasteiger partial charge in [-0.25, -0.2) is 4.39 Å². The van der Waals surface area contributed by atoms with Gasteiger partial charge in [0.15, 0.2) is 0 Å². The van der Waals surface area contributed by atoms with E-state index < -0.39 is 5.82 Å². The summed E-state index contributed by atoms with van der Waals surface area (Å²) in [6.07, 6.45) is 0. The molecule has 0 radical (unpaired) electrons. The van der Waals surface area contributed by atoms with Crippen molar-refractivity contribution < 1.29 is 13.6 Å². The number of carbonyl (C=O) groups is 1. The minimum atomic E-state index is -0.446. The highest BCUT2D eigenvalue weighted by Crippen LogP contribution is 2.31. The van der Waals surface area contributed by atoms with Gasteiger partial charge in [0.05, 0.1) is 22.7 Å². The lowest BCUT2D eigenvalue weighted by molar-refractivity contribution is -0.113. The quantitative estimate of drug-likeness (QED) is 0.556. The molecule has 0 unspecified atom stereocenters. The zero-order chi connectivity index (χ0) is 21.8. The second-order valence-electron chi connectivity index (χ2n) is 7.14. The zero-order valence-corrected chi connectivity index (χ0v) is 18.4. The van der Waals surface area contributed by atoms with Crippen molar-refractivity contribution in [1.82, 2.24) is 15.1 Å². The molecule has 1 aliphatic rings. The average molecular weight is 462 g/mol. The summed E-state index contributed by atoms with van der Waals surface area (Å²) in [6, 6.07) is 11.6. The maximum atomic E-state index is 13.9. The summed E-state index contributed by atoms with van der Waals surface area (Å²) in [7, 11) is 2.09. The topological polar surface area (TPSA) is 74.5 Å². The Morgan fingerprint density at radius 3 is 2.74 bits per heavy atom. The fraction of sp³-hybridized carbons (Fsp3) is 0.286. The highest BCUT2D eigenvalue weighted by molar-refractivity contribution is 7.99. The molecular weight excluding hydrogens is 441 g/mol. The van der Waals surface area contributed by atoms with Gasteiger partial charge in [-0.3, -0.25) is 4.79 Å². The van der Waals surface area contributed by atoms with Crippen LogP contribution in [0.15, 0.2) is 52.1 Å². The average Bonchev–Trinajstić information content (AvgIpc) is 3.22. The van der Waals surface area contributed by atoms with Gasteiger partial charge in [-0.15, -0.1) is 10.2 Å². The standard InChI is InChI=1S/C21H21ClFN5O2S/c1-27-8-10-28(11-9-27)18-7-6-14(22)12-17(18)24-19(29)13-31-21-26-25-20(30-21)15-4-2-3-5-16(15)23/h2-7,12H,8-11,13H2,1H3,(H,24,29). The van der Waals surface area contributed by atoms with Gasteiger partial charge < -0.3 is 19.5 Å². The van der Waals surface area contributed by atoms with Crippen LogP contribution in [-0.2, 0) is 4.79 Å². The van der Waals surface area contributed by atoms with Crippen molar-refractivity contribution in [2.24, 2.45) is 0 Å². The van der Waals surface area contributed by atoms with E-state index in [1.54, 1.807) is 24.3 Å². The molecular formula is C21H21ClFN5O2S. The molecule has 1 fully saturated rings. The number of nitrogens with zero attached hydrogens (tertiary/aromatic N) is 4. The first kappa shape index (κ1) is 21.6. The summed E-state index contributed by atoms with van der Waals surface area (Å²) < 4.78 is 19.4. The second kappa shape index (κ2) is 9.67. The molecule has 4 rings (SSSR count). The van der Waals surface area contributed by atoms with E-state index in [-0.39, 0.29) is 28.3 Å². The van der Waals surface area contributed by atoms with Gasteiger partial charge in [-0.05, 0) is 37.4 Å². The molecule has 0 spiro atoms. The maximum absolute atomic E-state index is 13.9. The summed E-state index contributed by atoms with van der Waals surface area (Å²) >= 11 is 7.25. The van der Waals surface area contributed by atoms with Crippen molar-refractivity contribution in [3.05, 3.63) is 53.3 Å². The molecule has 10 heteroatoms. The molecule has 162 valence electrons. The van der Waals surface area contributed by atoms with Crippen LogP contribution >= 0.6 is 23.4 Å². The third-order valence-corrected chi connectivity index (χ3v) is 5.97. The van der Waals surface area contributed by atoms with Gasteiger partial charge in [0.1, 0.15) is 5.82 Å². The monoisotopic (exact) mass is 461 g/mol. The SMILES string of the molecule is CN1CCN(c2ccc(Cl)cc2NC(=O)CSc2nnc(-c3ccccc3F)o2)CC1. The molecule has 2 aromatic carbocycles. The minimum absolute atomic E-state index is 0.0631. The number of rotatable bonds is 6. The van der Waals surface area contributed by atoms with E-state index in [1.165, 1.54) is 6.07 Å². The largest absolute Gasteiger partial charge is 0.411 e. The van der Waals surface area contributed by atoms with Gasteiger partial charge in [-0.2, -0.15) is 0 Å². The fourth-order valence-electron chi connectivity index (χ4n) is 3.26. The number of piperazine rings is 1. The number of anilines is 2. The summed E-state index contributed by atoms with van der Waals surface area (Å²) in [5.74, 6) is -0.535. The van der Waals surface area contributed by atoms with Crippen molar-refractivity contribution >= 4 is 40.6 Å². The van der Waals surface area contributed by atoms with E-state index in [9.17, 15) is 9.18 Å². The number of benzene rings is 2. The Labute approximate surface area is 188 Å². The Morgan fingerprint density at radius 1 is 1.19 bits per heavy atom. The molecule has 1 amide bonds. The van der Waals surface area contributed by atoms with Crippen LogP contribution in [0.3, 0.4) is 0 Å². The molecule has 0 atom stereocenters. The highest BCUT2D eigenvalue weighted by Gasteiger charge is 2.19.